The number of aryl methyl sites for hydroxylation is 1. The number of halogens is 1. The van der Waals surface area contributed by atoms with Gasteiger partial charge in [-0.1, -0.05) is 23.0 Å². The number of phenolic OH excluding ortho intramolecular Hbond substituents is 2. The van der Waals surface area contributed by atoms with Crippen molar-refractivity contribution in [1.82, 2.24) is 30.4 Å². The molecule has 218 valence electrons. The fourth-order valence-corrected chi connectivity index (χ4v) is 6.74. The van der Waals surface area contributed by atoms with Gasteiger partial charge in [0.1, 0.15) is 35.2 Å². The number of oxime groups is 1. The third-order valence-corrected chi connectivity index (χ3v) is 9.35. The molecule has 1 fully saturated rings. The molecule has 1 aromatic heterocycles. The number of aliphatic carboxylic acids is 1. The maximum Gasteiger partial charge on any atom is 0.352 e. The highest BCUT2D eigenvalue weighted by Crippen LogP contribution is 2.41. The molecule has 0 radical (unpaired) electrons. The second-order valence-corrected chi connectivity index (χ2v) is 11.9. The molecule has 1 unspecified atom stereocenters. The highest BCUT2D eigenvalue weighted by molar-refractivity contribution is 9.10. The summed E-state index contributed by atoms with van der Waals surface area (Å²) in [5.41, 5.74) is 1.16. The molecular formula is C25H22BrN7O7S2. The van der Waals surface area contributed by atoms with E-state index in [1.54, 1.807) is 19.2 Å². The van der Waals surface area contributed by atoms with Crippen molar-refractivity contribution in [3.8, 4) is 11.5 Å². The molecule has 4 N–H and O–H groups in total. The zero-order valence-electron chi connectivity index (χ0n) is 21.7. The minimum atomic E-state index is -1.25. The van der Waals surface area contributed by atoms with Crippen molar-refractivity contribution in [2.45, 2.75) is 23.2 Å². The maximum absolute atomic E-state index is 13.4. The van der Waals surface area contributed by atoms with Gasteiger partial charge in [-0.3, -0.25) is 14.5 Å². The van der Waals surface area contributed by atoms with Gasteiger partial charge in [-0.15, -0.1) is 16.9 Å². The van der Waals surface area contributed by atoms with E-state index in [2.05, 4.69) is 41.9 Å². The number of amides is 2. The zero-order chi connectivity index (χ0) is 30.0. The Balaban J connectivity index is 1.31. The van der Waals surface area contributed by atoms with Gasteiger partial charge in [0.25, 0.3) is 11.8 Å². The first kappa shape index (κ1) is 29.4. The van der Waals surface area contributed by atoms with Crippen LogP contribution in [0.25, 0.3) is 0 Å². The summed E-state index contributed by atoms with van der Waals surface area (Å²) in [4.78, 5) is 45.3. The highest BCUT2D eigenvalue weighted by atomic mass is 79.9. The minimum Gasteiger partial charge on any atom is -0.508 e. The predicted octanol–water partition coefficient (Wildman–Crippen LogP) is 1.84. The van der Waals surface area contributed by atoms with Crippen molar-refractivity contribution in [3.63, 3.8) is 0 Å². The third-order valence-electron chi connectivity index (χ3n) is 6.25. The molecule has 42 heavy (non-hydrogen) atoms. The molecule has 14 nitrogen and oxygen atoms in total. The number of aromatic hydroxyl groups is 2. The zero-order valence-corrected chi connectivity index (χ0v) is 24.9. The number of β-lactam (4-membered cyclic amide) rings is 1. The van der Waals surface area contributed by atoms with Crippen molar-refractivity contribution in [2.24, 2.45) is 12.2 Å². The largest absolute Gasteiger partial charge is 0.508 e. The van der Waals surface area contributed by atoms with Crippen LogP contribution in [-0.4, -0.2) is 86.8 Å². The van der Waals surface area contributed by atoms with Crippen LogP contribution in [0.1, 0.15) is 11.1 Å². The van der Waals surface area contributed by atoms with E-state index in [9.17, 15) is 29.7 Å². The Bertz CT molecular complexity index is 1610. The lowest BCUT2D eigenvalue weighted by molar-refractivity contribution is -0.150. The van der Waals surface area contributed by atoms with E-state index in [0.29, 0.717) is 32.1 Å². The van der Waals surface area contributed by atoms with Gasteiger partial charge < -0.3 is 25.5 Å². The fraction of sp³-hybridized carbons (Fsp3) is 0.240. The topological polar surface area (TPSA) is 192 Å². The number of nitrogens with zero attached hydrogens (tertiary/aromatic N) is 6. The number of rotatable bonds is 10. The molecule has 2 amide bonds. The quantitative estimate of drug-likeness (QED) is 0.106. The van der Waals surface area contributed by atoms with Crippen LogP contribution in [-0.2, 0) is 32.9 Å². The maximum atomic E-state index is 13.4. The Labute approximate surface area is 254 Å². The highest BCUT2D eigenvalue weighted by Gasteiger charge is 2.54. The minimum absolute atomic E-state index is 0.0109. The molecule has 2 aromatic carbocycles. The van der Waals surface area contributed by atoms with Crippen LogP contribution in [0, 0.1) is 0 Å². The van der Waals surface area contributed by atoms with E-state index in [1.165, 1.54) is 63.4 Å². The summed E-state index contributed by atoms with van der Waals surface area (Å²) in [5.74, 6) is -1.97. The van der Waals surface area contributed by atoms with Gasteiger partial charge in [-0.2, -0.15) is 0 Å². The molecule has 2 aliphatic heterocycles. The Morgan fingerprint density at radius 3 is 2.67 bits per heavy atom. The number of nitrogens with one attached hydrogen (secondary N) is 1. The van der Waals surface area contributed by atoms with Gasteiger partial charge in [0.05, 0.1) is 4.47 Å². The van der Waals surface area contributed by atoms with Crippen LogP contribution >= 0.6 is 39.5 Å². The molecule has 2 aliphatic rings. The van der Waals surface area contributed by atoms with Crippen molar-refractivity contribution < 1.29 is 34.5 Å². The Morgan fingerprint density at radius 1 is 1.24 bits per heavy atom. The van der Waals surface area contributed by atoms with Gasteiger partial charge in [-0.05, 0) is 73.9 Å². The number of carbonyl (C=O) groups is 3. The molecule has 2 atom stereocenters. The first-order valence-corrected chi connectivity index (χ1v) is 15.0. The second kappa shape index (κ2) is 12.4. The number of hydrogen-bond acceptors (Lipinski definition) is 12. The van der Waals surface area contributed by atoms with Crippen LogP contribution in [0.15, 0.2) is 68.5 Å². The van der Waals surface area contributed by atoms with E-state index in [4.69, 9.17) is 4.84 Å². The normalized spacial score (nSPS) is 18.4. The van der Waals surface area contributed by atoms with Crippen molar-refractivity contribution >= 4 is 62.9 Å². The van der Waals surface area contributed by atoms with Gasteiger partial charge in [0.2, 0.25) is 5.16 Å². The third kappa shape index (κ3) is 6.07. The molecule has 3 aromatic rings. The predicted molar refractivity (Wildman–Crippen MR) is 154 cm³/mol. The van der Waals surface area contributed by atoms with Crippen LogP contribution in [0.3, 0.4) is 0 Å². The van der Waals surface area contributed by atoms with Crippen LogP contribution in [0.4, 0.5) is 0 Å². The second-order valence-electron chi connectivity index (χ2n) is 9.04. The molecule has 0 aliphatic carbocycles. The average Bonchev–Trinajstić information content (AvgIpc) is 3.38. The number of fused-ring (bicyclic) bond motifs is 1. The standard InChI is InChI=1S/C25H22BrN7O7S2/c1-32-25(28-30-31-32)42-11-14-10-41-23-19(22(37)33(23)20(14)24(38)39)27-21(36)18(13-3-5-15(34)6-4-13)29-40-9-12-2-7-16(26)17(35)8-12/h2-8,19,23,34-35H,9-11H2,1H3,(H,27,36)(H,38,39)/t19?,23-/m1/s1. The molecule has 3 heterocycles. The lowest BCUT2D eigenvalue weighted by Gasteiger charge is -2.49. The van der Waals surface area contributed by atoms with Crippen LogP contribution in [0.5, 0.6) is 11.5 Å². The number of carbonyl (C=O) groups excluding carboxylic acids is 2. The smallest absolute Gasteiger partial charge is 0.352 e. The first-order chi connectivity index (χ1) is 20.1. The lowest BCUT2D eigenvalue weighted by Crippen LogP contribution is -2.71. The molecule has 5 rings (SSSR count). The monoisotopic (exact) mass is 675 g/mol. The van der Waals surface area contributed by atoms with Gasteiger partial charge >= 0.3 is 5.97 Å². The molecular weight excluding hydrogens is 654 g/mol. The molecule has 0 saturated carbocycles. The molecule has 1 saturated heterocycles. The number of aromatic nitrogens is 4. The Morgan fingerprint density at radius 2 is 2.00 bits per heavy atom. The summed E-state index contributed by atoms with van der Waals surface area (Å²) < 4.78 is 1.97. The Kier molecular flexibility index (Phi) is 8.69. The SMILES string of the molecule is Cn1nnnc1SCC1=C(C(=O)O)N2C(=O)C(NC(=O)C(=NOCc3ccc(Br)c(O)c3)c3ccc(O)cc3)[C@H]2SC1. The average molecular weight is 677 g/mol. The number of tetrazole rings is 1. The number of carboxylic acid groups (broad SMARTS) is 1. The lowest BCUT2D eigenvalue weighted by atomic mass is 10.0. The summed E-state index contributed by atoms with van der Waals surface area (Å²) in [6.45, 7) is -0.0672. The van der Waals surface area contributed by atoms with Gasteiger partial charge in [0.15, 0.2) is 5.71 Å². The van der Waals surface area contributed by atoms with E-state index < -0.39 is 29.2 Å². The van der Waals surface area contributed by atoms with E-state index in [1.807, 2.05) is 0 Å². The number of benzene rings is 2. The number of thioether (sulfide) groups is 2. The summed E-state index contributed by atoms with van der Waals surface area (Å²) in [6, 6.07) is 9.50. The summed E-state index contributed by atoms with van der Waals surface area (Å²) >= 11 is 5.79. The number of hydrogen-bond donors (Lipinski definition) is 4. The van der Waals surface area contributed by atoms with Gasteiger partial charge in [0, 0.05) is 24.1 Å². The van der Waals surface area contributed by atoms with Crippen molar-refractivity contribution in [3.05, 3.63) is 69.3 Å². The molecule has 17 heteroatoms. The molecule has 0 bridgehead atoms. The van der Waals surface area contributed by atoms with E-state index in [-0.39, 0.29) is 35.3 Å². The van der Waals surface area contributed by atoms with Crippen molar-refractivity contribution in [1.29, 1.82) is 0 Å². The summed E-state index contributed by atoms with van der Waals surface area (Å²) in [6.07, 6.45) is 0. The summed E-state index contributed by atoms with van der Waals surface area (Å²) in [5, 5.41) is 47.2. The Hall–Kier alpha value is -4.09. The van der Waals surface area contributed by atoms with Gasteiger partial charge in [-0.25, -0.2) is 9.48 Å². The van der Waals surface area contributed by atoms with Crippen LogP contribution < -0.4 is 5.32 Å². The number of phenols is 2. The molecule has 0 spiro atoms. The first-order valence-electron chi connectivity index (χ1n) is 12.2. The number of carboxylic acids is 1. The van der Waals surface area contributed by atoms with E-state index >= 15 is 0 Å². The van der Waals surface area contributed by atoms with Crippen LogP contribution in [0.2, 0.25) is 0 Å². The van der Waals surface area contributed by atoms with Crippen molar-refractivity contribution in [2.75, 3.05) is 11.5 Å². The summed E-state index contributed by atoms with van der Waals surface area (Å²) in [7, 11) is 1.67. The fourth-order valence-electron chi connectivity index (χ4n) is 4.16. The van der Waals surface area contributed by atoms with E-state index in [0.717, 1.165) is 0 Å².